The molecule has 0 N–H and O–H groups in total. The maximum Gasteiger partial charge on any atom is 0.522 e. The van der Waals surface area contributed by atoms with Gasteiger partial charge < -0.3 is 0 Å². The summed E-state index contributed by atoms with van der Waals surface area (Å²) in [6.07, 6.45) is 9.04. The molecule has 0 aliphatic heterocycles. The SMILES string of the molecule is CCCC1CCC(C2CCC3C[C@H](OC(F)(F)F)CC[C@@H]3C2)CC1. The lowest BCUT2D eigenvalue weighted by Gasteiger charge is -2.45. The molecule has 0 heterocycles. The number of hydrogen-bond donors (Lipinski definition) is 0. The smallest absolute Gasteiger partial charge is 0.289 e. The van der Waals surface area contributed by atoms with Crippen LogP contribution < -0.4 is 0 Å². The first-order chi connectivity index (χ1) is 11.4. The predicted octanol–water partition coefficient (Wildman–Crippen LogP) is 6.71. The minimum Gasteiger partial charge on any atom is -0.289 e. The van der Waals surface area contributed by atoms with Gasteiger partial charge in [0, 0.05) is 0 Å². The lowest BCUT2D eigenvalue weighted by molar-refractivity contribution is -0.347. The van der Waals surface area contributed by atoms with Crippen molar-refractivity contribution in [2.75, 3.05) is 0 Å². The molecular weight excluding hydrogens is 313 g/mol. The van der Waals surface area contributed by atoms with E-state index in [0.29, 0.717) is 24.7 Å². The molecule has 0 aromatic rings. The van der Waals surface area contributed by atoms with E-state index >= 15 is 0 Å². The molecular formula is C20H33F3O. The average molecular weight is 346 g/mol. The van der Waals surface area contributed by atoms with Gasteiger partial charge in [0.1, 0.15) is 0 Å². The first-order valence-electron chi connectivity index (χ1n) is 10.2. The first kappa shape index (κ1) is 18.5. The predicted molar refractivity (Wildman–Crippen MR) is 89.5 cm³/mol. The molecule has 0 aromatic heterocycles. The zero-order chi connectivity index (χ0) is 17.2. The molecule has 24 heavy (non-hydrogen) atoms. The third-order valence-corrected chi connectivity index (χ3v) is 7.16. The molecule has 3 fully saturated rings. The van der Waals surface area contributed by atoms with Crippen molar-refractivity contribution < 1.29 is 17.9 Å². The molecule has 1 nitrogen and oxygen atoms in total. The summed E-state index contributed by atoms with van der Waals surface area (Å²) >= 11 is 0. The molecule has 0 amide bonds. The van der Waals surface area contributed by atoms with Crippen molar-refractivity contribution in [2.24, 2.45) is 29.6 Å². The highest BCUT2D eigenvalue weighted by atomic mass is 19.4. The van der Waals surface area contributed by atoms with Crippen molar-refractivity contribution in [3.8, 4) is 0 Å². The van der Waals surface area contributed by atoms with E-state index in [1.54, 1.807) is 0 Å². The van der Waals surface area contributed by atoms with E-state index in [1.165, 1.54) is 51.4 Å². The van der Waals surface area contributed by atoms with Crippen LogP contribution in [-0.2, 0) is 4.74 Å². The van der Waals surface area contributed by atoms with Crippen LogP contribution in [0.15, 0.2) is 0 Å². The summed E-state index contributed by atoms with van der Waals surface area (Å²) in [6.45, 7) is 2.28. The largest absolute Gasteiger partial charge is 0.522 e. The summed E-state index contributed by atoms with van der Waals surface area (Å²) in [5.41, 5.74) is 0. The van der Waals surface area contributed by atoms with E-state index in [2.05, 4.69) is 11.7 Å². The molecule has 3 aliphatic rings. The molecule has 0 spiro atoms. The molecule has 3 rings (SSSR count). The van der Waals surface area contributed by atoms with E-state index < -0.39 is 12.5 Å². The zero-order valence-electron chi connectivity index (χ0n) is 15.0. The molecule has 4 atom stereocenters. The fraction of sp³-hybridized carbons (Fsp3) is 1.00. The van der Waals surface area contributed by atoms with Crippen molar-refractivity contribution in [1.82, 2.24) is 0 Å². The van der Waals surface area contributed by atoms with Crippen molar-refractivity contribution >= 4 is 0 Å². The van der Waals surface area contributed by atoms with Crippen molar-refractivity contribution in [2.45, 2.75) is 96.4 Å². The normalized spacial score (nSPS) is 41.0. The number of hydrogen-bond acceptors (Lipinski definition) is 1. The Morgan fingerprint density at radius 1 is 0.750 bits per heavy atom. The highest BCUT2D eigenvalue weighted by Gasteiger charge is 2.42. The number of ether oxygens (including phenoxy) is 1. The fourth-order valence-corrected chi connectivity index (χ4v) is 5.96. The van der Waals surface area contributed by atoms with Gasteiger partial charge in [0.15, 0.2) is 0 Å². The molecule has 3 saturated carbocycles. The Labute approximate surface area is 144 Å². The Hall–Kier alpha value is -0.250. The van der Waals surface area contributed by atoms with Crippen LogP contribution >= 0.6 is 0 Å². The molecule has 0 aromatic carbocycles. The van der Waals surface area contributed by atoms with Gasteiger partial charge in [-0.2, -0.15) is 0 Å². The van der Waals surface area contributed by atoms with E-state index in [9.17, 15) is 13.2 Å². The standard InChI is InChI=1S/C20H33F3O/c1-2-3-14-4-6-15(7-5-14)16-8-9-18-13-19(24-20(21,22)23)11-10-17(18)12-16/h14-19H,2-13H2,1H3/t14?,15?,16?,17-,18?,19-/m1/s1. The van der Waals surface area contributed by atoms with Gasteiger partial charge in [0.25, 0.3) is 0 Å². The molecule has 0 saturated heterocycles. The van der Waals surface area contributed by atoms with Crippen LogP contribution in [0.1, 0.15) is 84.0 Å². The molecule has 0 bridgehead atoms. The van der Waals surface area contributed by atoms with E-state index in [-0.39, 0.29) is 0 Å². The minimum atomic E-state index is -4.47. The van der Waals surface area contributed by atoms with Gasteiger partial charge in [-0.3, -0.25) is 4.74 Å². The maximum absolute atomic E-state index is 12.4. The third kappa shape index (κ3) is 4.89. The lowest BCUT2D eigenvalue weighted by atomic mass is 9.62. The van der Waals surface area contributed by atoms with Gasteiger partial charge in [-0.15, -0.1) is 13.2 Å². The van der Waals surface area contributed by atoms with Crippen LogP contribution in [0.2, 0.25) is 0 Å². The van der Waals surface area contributed by atoms with Gasteiger partial charge >= 0.3 is 6.36 Å². The molecule has 2 unspecified atom stereocenters. The second-order valence-corrected chi connectivity index (χ2v) is 8.66. The zero-order valence-corrected chi connectivity index (χ0v) is 15.0. The molecule has 140 valence electrons. The number of halogens is 3. The Balaban J connectivity index is 1.45. The van der Waals surface area contributed by atoms with E-state index in [0.717, 1.165) is 30.6 Å². The van der Waals surface area contributed by atoms with Crippen LogP contribution in [0, 0.1) is 29.6 Å². The van der Waals surface area contributed by atoms with Crippen LogP contribution in [0.5, 0.6) is 0 Å². The number of alkyl halides is 3. The number of rotatable bonds is 4. The topological polar surface area (TPSA) is 9.23 Å². The molecule has 4 heteroatoms. The third-order valence-electron chi connectivity index (χ3n) is 7.16. The Morgan fingerprint density at radius 2 is 1.29 bits per heavy atom. The monoisotopic (exact) mass is 346 g/mol. The van der Waals surface area contributed by atoms with Crippen molar-refractivity contribution in [1.29, 1.82) is 0 Å². The molecule has 0 radical (unpaired) electrons. The van der Waals surface area contributed by atoms with Gasteiger partial charge in [-0.25, -0.2) is 0 Å². The van der Waals surface area contributed by atoms with Gasteiger partial charge in [0.05, 0.1) is 6.10 Å². The van der Waals surface area contributed by atoms with Crippen LogP contribution in [0.4, 0.5) is 13.2 Å². The Morgan fingerprint density at radius 3 is 1.92 bits per heavy atom. The summed E-state index contributed by atoms with van der Waals surface area (Å²) in [5, 5.41) is 0. The van der Waals surface area contributed by atoms with Crippen molar-refractivity contribution in [3.05, 3.63) is 0 Å². The minimum absolute atomic E-state index is 0.471. The van der Waals surface area contributed by atoms with Gasteiger partial charge in [-0.1, -0.05) is 32.6 Å². The second kappa shape index (κ2) is 7.97. The van der Waals surface area contributed by atoms with E-state index in [4.69, 9.17) is 0 Å². The first-order valence-corrected chi connectivity index (χ1v) is 10.2. The molecule has 3 aliphatic carbocycles. The van der Waals surface area contributed by atoms with Crippen LogP contribution in [0.3, 0.4) is 0 Å². The summed E-state index contributed by atoms with van der Waals surface area (Å²) in [4.78, 5) is 0. The lowest BCUT2D eigenvalue weighted by Crippen LogP contribution is -2.38. The fourth-order valence-electron chi connectivity index (χ4n) is 5.96. The summed E-state index contributed by atoms with van der Waals surface area (Å²) < 4.78 is 41.6. The average Bonchev–Trinajstić information content (AvgIpc) is 2.54. The van der Waals surface area contributed by atoms with Crippen molar-refractivity contribution in [3.63, 3.8) is 0 Å². The number of fused-ring (bicyclic) bond motifs is 1. The van der Waals surface area contributed by atoms with Gasteiger partial charge in [0.2, 0.25) is 0 Å². The van der Waals surface area contributed by atoms with Crippen LogP contribution in [0.25, 0.3) is 0 Å². The summed E-state index contributed by atoms with van der Waals surface area (Å²) in [5.74, 6) is 3.82. The van der Waals surface area contributed by atoms with Gasteiger partial charge in [-0.05, 0) is 81.0 Å². The highest BCUT2D eigenvalue weighted by Crippen LogP contribution is 2.49. The van der Waals surface area contributed by atoms with Crippen LogP contribution in [-0.4, -0.2) is 12.5 Å². The Kier molecular flexibility index (Phi) is 6.16. The highest BCUT2D eigenvalue weighted by molar-refractivity contribution is 4.89. The summed E-state index contributed by atoms with van der Waals surface area (Å²) in [6, 6.07) is 0. The Bertz CT molecular complexity index is 387. The summed E-state index contributed by atoms with van der Waals surface area (Å²) in [7, 11) is 0. The maximum atomic E-state index is 12.4. The van der Waals surface area contributed by atoms with E-state index in [1.807, 2.05) is 0 Å². The quantitative estimate of drug-likeness (QED) is 0.549. The second-order valence-electron chi connectivity index (χ2n) is 8.66.